The second-order valence-electron chi connectivity index (χ2n) is 5.00. The maximum atomic E-state index is 12.0. The van der Waals surface area contributed by atoms with Crippen LogP contribution in [-0.2, 0) is 9.53 Å². The Morgan fingerprint density at radius 3 is 2.62 bits per heavy atom. The fraction of sp³-hybridized carbons (Fsp3) is 0.235. The van der Waals surface area contributed by atoms with E-state index in [0.29, 0.717) is 21.7 Å². The van der Waals surface area contributed by atoms with Crippen molar-refractivity contribution in [1.29, 1.82) is 0 Å². The van der Waals surface area contributed by atoms with Gasteiger partial charge in [0.15, 0.2) is 0 Å². The number of carbonyl (C=O) groups is 3. The second kappa shape index (κ2) is 8.26. The van der Waals surface area contributed by atoms with Crippen LogP contribution in [0.1, 0.15) is 32.0 Å². The van der Waals surface area contributed by atoms with E-state index in [2.05, 4.69) is 10.6 Å². The number of esters is 1. The van der Waals surface area contributed by atoms with Gasteiger partial charge in [-0.3, -0.25) is 9.59 Å². The summed E-state index contributed by atoms with van der Waals surface area (Å²) in [6, 6.07) is 8.54. The minimum Gasteiger partial charge on any atom is -0.465 e. The number of benzene rings is 1. The highest BCUT2D eigenvalue weighted by Crippen LogP contribution is 2.19. The average molecular weight is 346 g/mol. The van der Waals surface area contributed by atoms with Crippen molar-refractivity contribution < 1.29 is 19.1 Å². The normalized spacial score (nSPS) is 10.1. The van der Waals surface area contributed by atoms with Crippen molar-refractivity contribution in [2.45, 2.75) is 13.3 Å². The zero-order chi connectivity index (χ0) is 17.5. The molecule has 0 radical (unpaired) electrons. The molecule has 6 nitrogen and oxygen atoms in total. The number of anilines is 1. The lowest BCUT2D eigenvalue weighted by atomic mass is 10.1. The van der Waals surface area contributed by atoms with Crippen molar-refractivity contribution in [2.75, 3.05) is 19.0 Å². The smallest absolute Gasteiger partial charge is 0.338 e. The predicted octanol–water partition coefficient (Wildman–Crippen LogP) is 2.60. The third-order valence-corrected chi connectivity index (χ3v) is 4.26. The van der Waals surface area contributed by atoms with Crippen LogP contribution in [0, 0.1) is 6.92 Å². The SMILES string of the molecule is COC(=O)c1cccc(NC(=O)CCNC(=O)c2cccs2)c1C. The molecule has 7 heteroatoms. The van der Waals surface area contributed by atoms with Crippen molar-refractivity contribution in [3.8, 4) is 0 Å². The molecule has 2 N–H and O–H groups in total. The molecule has 0 aliphatic rings. The Labute approximate surface area is 143 Å². The van der Waals surface area contributed by atoms with E-state index >= 15 is 0 Å². The van der Waals surface area contributed by atoms with Crippen LogP contribution in [0.25, 0.3) is 0 Å². The van der Waals surface area contributed by atoms with Gasteiger partial charge < -0.3 is 15.4 Å². The molecule has 1 aromatic carbocycles. The van der Waals surface area contributed by atoms with Crippen LogP contribution >= 0.6 is 11.3 Å². The third-order valence-electron chi connectivity index (χ3n) is 3.40. The van der Waals surface area contributed by atoms with Crippen LogP contribution < -0.4 is 10.6 Å². The number of nitrogens with one attached hydrogen (secondary N) is 2. The standard InChI is InChI=1S/C17H18N2O4S/c1-11-12(17(22)23-2)5-3-6-13(11)19-15(20)8-9-18-16(21)14-7-4-10-24-14/h3-7,10H,8-9H2,1-2H3,(H,18,21)(H,19,20). The second-order valence-corrected chi connectivity index (χ2v) is 5.95. The van der Waals surface area contributed by atoms with E-state index < -0.39 is 5.97 Å². The van der Waals surface area contributed by atoms with Gasteiger partial charge in [0.2, 0.25) is 5.91 Å². The predicted molar refractivity (Wildman–Crippen MR) is 92.4 cm³/mol. The molecule has 0 aliphatic heterocycles. The van der Waals surface area contributed by atoms with Gasteiger partial charge in [-0.2, -0.15) is 0 Å². The number of hydrogen-bond acceptors (Lipinski definition) is 5. The van der Waals surface area contributed by atoms with Crippen LogP contribution in [0.2, 0.25) is 0 Å². The summed E-state index contributed by atoms with van der Waals surface area (Å²) in [6.07, 6.45) is 0.138. The zero-order valence-corrected chi connectivity index (χ0v) is 14.2. The van der Waals surface area contributed by atoms with Crippen molar-refractivity contribution >= 4 is 34.8 Å². The first-order valence-electron chi connectivity index (χ1n) is 7.32. The highest BCUT2D eigenvalue weighted by molar-refractivity contribution is 7.12. The van der Waals surface area contributed by atoms with Gasteiger partial charge in [-0.05, 0) is 36.1 Å². The first kappa shape index (κ1) is 17.7. The van der Waals surface area contributed by atoms with E-state index in [-0.39, 0.29) is 24.8 Å². The van der Waals surface area contributed by atoms with Crippen LogP contribution in [0.5, 0.6) is 0 Å². The van der Waals surface area contributed by atoms with Gasteiger partial charge in [0.1, 0.15) is 0 Å². The monoisotopic (exact) mass is 346 g/mol. The highest BCUT2D eigenvalue weighted by Gasteiger charge is 2.13. The Bertz CT molecular complexity index is 741. The summed E-state index contributed by atoms with van der Waals surface area (Å²) in [5, 5.41) is 7.25. The number of thiophene rings is 1. The fourth-order valence-corrected chi connectivity index (χ4v) is 2.74. The number of hydrogen-bond donors (Lipinski definition) is 2. The molecule has 1 aromatic heterocycles. The zero-order valence-electron chi connectivity index (χ0n) is 13.4. The molecule has 0 saturated carbocycles. The summed E-state index contributed by atoms with van der Waals surface area (Å²) in [6.45, 7) is 1.97. The minimum atomic E-state index is -0.452. The lowest BCUT2D eigenvalue weighted by Gasteiger charge is -2.11. The molecule has 0 fully saturated rings. The lowest BCUT2D eigenvalue weighted by Crippen LogP contribution is -2.27. The Kier molecular flexibility index (Phi) is 6.08. The van der Waals surface area contributed by atoms with Crippen molar-refractivity contribution in [3.05, 3.63) is 51.7 Å². The maximum absolute atomic E-state index is 12.0. The van der Waals surface area contributed by atoms with Gasteiger partial charge in [0, 0.05) is 18.7 Å². The van der Waals surface area contributed by atoms with Crippen molar-refractivity contribution in [3.63, 3.8) is 0 Å². The first-order valence-corrected chi connectivity index (χ1v) is 8.20. The molecule has 0 atom stereocenters. The van der Waals surface area contributed by atoms with Gasteiger partial charge >= 0.3 is 5.97 Å². The van der Waals surface area contributed by atoms with Crippen LogP contribution in [-0.4, -0.2) is 31.4 Å². The van der Waals surface area contributed by atoms with Crippen molar-refractivity contribution in [1.82, 2.24) is 5.32 Å². The Morgan fingerprint density at radius 1 is 1.17 bits per heavy atom. The molecular formula is C17H18N2O4S. The van der Waals surface area contributed by atoms with Crippen LogP contribution in [0.3, 0.4) is 0 Å². The summed E-state index contributed by atoms with van der Waals surface area (Å²) in [5.74, 6) is -0.889. The first-order chi connectivity index (χ1) is 11.5. The quantitative estimate of drug-likeness (QED) is 0.788. The minimum absolute atomic E-state index is 0.138. The largest absolute Gasteiger partial charge is 0.465 e. The highest BCUT2D eigenvalue weighted by atomic mass is 32.1. The summed E-state index contributed by atoms with van der Waals surface area (Å²) >= 11 is 1.34. The van der Waals surface area contributed by atoms with E-state index in [1.165, 1.54) is 18.4 Å². The summed E-state index contributed by atoms with van der Waals surface area (Å²) in [4.78, 5) is 36.0. The number of amides is 2. The molecule has 1 heterocycles. The molecule has 0 saturated heterocycles. The molecule has 0 bridgehead atoms. The number of carbonyl (C=O) groups excluding carboxylic acids is 3. The summed E-state index contributed by atoms with van der Waals surface area (Å²) in [5.41, 5.74) is 1.59. The van der Waals surface area contributed by atoms with Crippen molar-refractivity contribution in [2.24, 2.45) is 0 Å². The number of rotatable bonds is 6. The Balaban J connectivity index is 1.88. The van der Waals surface area contributed by atoms with Gasteiger partial charge in [0.05, 0.1) is 17.6 Å². The van der Waals surface area contributed by atoms with Gasteiger partial charge in [-0.25, -0.2) is 4.79 Å². The molecular weight excluding hydrogens is 328 g/mol. The third kappa shape index (κ3) is 4.42. The van der Waals surface area contributed by atoms with Crippen LogP contribution in [0.4, 0.5) is 5.69 Å². The molecule has 2 amide bonds. The maximum Gasteiger partial charge on any atom is 0.338 e. The van der Waals surface area contributed by atoms with Gasteiger partial charge in [0.25, 0.3) is 5.91 Å². The lowest BCUT2D eigenvalue weighted by molar-refractivity contribution is -0.116. The molecule has 0 aliphatic carbocycles. The molecule has 24 heavy (non-hydrogen) atoms. The molecule has 0 spiro atoms. The number of ether oxygens (including phenoxy) is 1. The summed E-state index contributed by atoms with van der Waals surface area (Å²) in [7, 11) is 1.31. The average Bonchev–Trinajstić information content (AvgIpc) is 3.10. The van der Waals surface area contributed by atoms with E-state index in [0.717, 1.165) is 0 Å². The van der Waals surface area contributed by atoms with Crippen LogP contribution in [0.15, 0.2) is 35.7 Å². The molecule has 0 unspecified atom stereocenters. The van der Waals surface area contributed by atoms with E-state index in [1.807, 2.05) is 5.38 Å². The summed E-state index contributed by atoms with van der Waals surface area (Å²) < 4.78 is 4.71. The topological polar surface area (TPSA) is 84.5 Å². The van der Waals surface area contributed by atoms with Gasteiger partial charge in [-0.15, -0.1) is 11.3 Å². The van der Waals surface area contributed by atoms with E-state index in [1.54, 1.807) is 37.3 Å². The van der Waals surface area contributed by atoms with Gasteiger partial charge in [-0.1, -0.05) is 12.1 Å². The molecule has 2 aromatic rings. The van der Waals surface area contributed by atoms with E-state index in [4.69, 9.17) is 4.74 Å². The van der Waals surface area contributed by atoms with E-state index in [9.17, 15) is 14.4 Å². The Morgan fingerprint density at radius 2 is 1.96 bits per heavy atom. The molecule has 126 valence electrons. The number of methoxy groups -OCH3 is 1. The fourth-order valence-electron chi connectivity index (χ4n) is 2.10. The molecule has 2 rings (SSSR count). The Hall–Kier alpha value is -2.67.